The average molecular weight is 495 g/mol. The van der Waals surface area contributed by atoms with Gasteiger partial charge >= 0.3 is 5.97 Å². The molecule has 0 aliphatic heterocycles. The average Bonchev–Trinajstić information content (AvgIpc) is 3.31. The van der Waals surface area contributed by atoms with Crippen LogP contribution in [0.5, 0.6) is 5.75 Å². The van der Waals surface area contributed by atoms with Crippen LogP contribution in [0.4, 0.5) is 0 Å². The maximum atomic E-state index is 12.7. The molecule has 0 saturated heterocycles. The zero-order valence-corrected chi connectivity index (χ0v) is 19.5. The molecule has 0 fully saturated rings. The molecule has 0 spiro atoms. The summed E-state index contributed by atoms with van der Waals surface area (Å²) < 4.78 is 33.5. The summed E-state index contributed by atoms with van der Waals surface area (Å²) in [4.78, 5) is 15.6. The number of thioether (sulfide) groups is 1. The summed E-state index contributed by atoms with van der Waals surface area (Å²) in [6.45, 7) is 0. The van der Waals surface area contributed by atoms with Crippen molar-refractivity contribution in [2.45, 2.75) is 27.8 Å². The summed E-state index contributed by atoms with van der Waals surface area (Å²) in [7, 11) is -2.52. The number of carbonyl (C=O) groups is 1. The Morgan fingerprint density at radius 2 is 1.78 bits per heavy atom. The molecule has 0 aliphatic rings. The molecule has 170 valence electrons. The Hall–Kier alpha value is -2.44. The van der Waals surface area contributed by atoms with E-state index in [0.29, 0.717) is 5.75 Å². The molecule has 11 heteroatoms. The molecule has 8 nitrogen and oxygen atoms in total. The molecule has 0 aliphatic carbocycles. The minimum absolute atomic E-state index is 0.0623. The minimum Gasteiger partial charge on any atom is -0.497 e. The Labute approximate surface area is 194 Å². The van der Waals surface area contributed by atoms with Crippen LogP contribution < -0.4 is 9.46 Å². The topological polar surface area (TPSA) is 126 Å². The van der Waals surface area contributed by atoms with Gasteiger partial charge in [0.05, 0.1) is 18.1 Å². The van der Waals surface area contributed by atoms with E-state index in [2.05, 4.69) is 9.71 Å². The van der Waals surface area contributed by atoms with E-state index in [4.69, 9.17) is 4.74 Å². The highest BCUT2D eigenvalue weighted by molar-refractivity contribution is 8.01. The largest absolute Gasteiger partial charge is 0.497 e. The van der Waals surface area contributed by atoms with Crippen molar-refractivity contribution in [3.63, 3.8) is 0 Å². The second-order valence-corrected chi connectivity index (χ2v) is 10.6. The normalized spacial score (nSPS) is 13.4. The van der Waals surface area contributed by atoms with Gasteiger partial charge in [-0.05, 0) is 35.4 Å². The third kappa shape index (κ3) is 6.53. The Morgan fingerprint density at radius 1 is 1.16 bits per heavy atom. The van der Waals surface area contributed by atoms with Gasteiger partial charge in [0.15, 0.2) is 0 Å². The highest BCUT2D eigenvalue weighted by Crippen LogP contribution is 2.25. The van der Waals surface area contributed by atoms with E-state index in [1.54, 1.807) is 43.0 Å². The van der Waals surface area contributed by atoms with Crippen LogP contribution in [0.1, 0.15) is 6.42 Å². The molecule has 2 atom stereocenters. The summed E-state index contributed by atoms with van der Waals surface area (Å²) in [6, 6.07) is 12.0. The number of aliphatic hydroxyl groups is 1. The number of hydrogen-bond donors (Lipinski definition) is 3. The van der Waals surface area contributed by atoms with Crippen LogP contribution in [0.25, 0.3) is 11.1 Å². The number of hydrogen-bond acceptors (Lipinski definition) is 8. The van der Waals surface area contributed by atoms with Crippen molar-refractivity contribution in [1.29, 1.82) is 0 Å². The maximum Gasteiger partial charge on any atom is 0.321 e. The van der Waals surface area contributed by atoms with E-state index in [1.807, 2.05) is 12.1 Å². The number of nitrogens with zero attached hydrogens (tertiary/aromatic N) is 1. The quantitative estimate of drug-likeness (QED) is 0.347. The van der Waals surface area contributed by atoms with Crippen LogP contribution in [0, 0.1) is 0 Å². The lowest BCUT2D eigenvalue weighted by atomic mass is 10.1. The van der Waals surface area contributed by atoms with E-state index >= 15 is 0 Å². The van der Waals surface area contributed by atoms with E-state index in [-0.39, 0.29) is 17.1 Å². The Kier molecular flexibility index (Phi) is 8.26. The van der Waals surface area contributed by atoms with Gasteiger partial charge in [-0.25, -0.2) is 13.4 Å². The predicted molar refractivity (Wildman–Crippen MR) is 124 cm³/mol. The number of aromatic nitrogens is 1. The highest BCUT2D eigenvalue weighted by Gasteiger charge is 2.28. The predicted octanol–water partition coefficient (Wildman–Crippen LogP) is 3.09. The Balaban J connectivity index is 1.65. The fraction of sp³-hybridized carbons (Fsp3) is 0.238. The van der Waals surface area contributed by atoms with Crippen LogP contribution in [-0.2, 0) is 14.8 Å². The lowest BCUT2D eigenvalue weighted by Crippen LogP contribution is -2.43. The summed E-state index contributed by atoms with van der Waals surface area (Å²) in [6.07, 6.45) is 0.342. The van der Waals surface area contributed by atoms with Gasteiger partial charge in [-0.2, -0.15) is 4.72 Å². The highest BCUT2D eigenvalue weighted by atomic mass is 32.2. The van der Waals surface area contributed by atoms with Crippen molar-refractivity contribution in [3.8, 4) is 16.9 Å². The zero-order valence-electron chi connectivity index (χ0n) is 17.0. The second kappa shape index (κ2) is 10.9. The number of aliphatic carboxylic acids is 1. The van der Waals surface area contributed by atoms with Gasteiger partial charge in [-0.3, -0.25) is 4.79 Å². The monoisotopic (exact) mass is 494 g/mol. The molecule has 3 N–H and O–H groups in total. The fourth-order valence-corrected chi connectivity index (χ4v) is 5.67. The number of methoxy groups -OCH3 is 1. The van der Waals surface area contributed by atoms with Gasteiger partial charge in [0, 0.05) is 23.8 Å². The Bertz CT molecular complexity index is 1120. The van der Waals surface area contributed by atoms with Crippen molar-refractivity contribution in [2.24, 2.45) is 0 Å². The molecular formula is C21H22N2O6S3. The van der Waals surface area contributed by atoms with Gasteiger partial charge < -0.3 is 14.9 Å². The number of nitrogens with one attached hydrogen (secondary N) is 1. The molecule has 32 heavy (non-hydrogen) atoms. The van der Waals surface area contributed by atoms with Crippen molar-refractivity contribution < 1.29 is 28.2 Å². The molecule has 0 amide bonds. The number of ether oxygens (including phenoxy) is 1. The number of carboxylic acid groups (broad SMARTS) is 1. The molecule has 3 rings (SSSR count). The Morgan fingerprint density at radius 3 is 2.31 bits per heavy atom. The number of thiazole rings is 1. The van der Waals surface area contributed by atoms with E-state index in [0.717, 1.165) is 15.5 Å². The lowest BCUT2D eigenvalue weighted by Gasteiger charge is -2.18. The smallest absolute Gasteiger partial charge is 0.321 e. The third-order valence-electron chi connectivity index (χ3n) is 4.50. The second-order valence-electron chi connectivity index (χ2n) is 6.76. The maximum absolute atomic E-state index is 12.7. The van der Waals surface area contributed by atoms with E-state index < -0.39 is 28.1 Å². The van der Waals surface area contributed by atoms with Crippen LogP contribution in [0.3, 0.4) is 0 Å². The number of benzene rings is 2. The summed E-state index contributed by atoms with van der Waals surface area (Å²) >= 11 is 2.69. The van der Waals surface area contributed by atoms with Crippen molar-refractivity contribution in [2.75, 3.05) is 12.9 Å². The van der Waals surface area contributed by atoms with Crippen LogP contribution in [0.2, 0.25) is 0 Å². The van der Waals surface area contributed by atoms with Crippen LogP contribution in [0.15, 0.2) is 69.3 Å². The molecule has 1 aromatic heterocycles. The van der Waals surface area contributed by atoms with Gasteiger partial charge in [-0.15, -0.1) is 11.3 Å². The molecule has 3 aromatic rings. The van der Waals surface area contributed by atoms with Gasteiger partial charge in [0.1, 0.15) is 16.1 Å². The first kappa shape index (κ1) is 24.2. The third-order valence-corrected chi connectivity index (χ3v) is 8.10. The van der Waals surface area contributed by atoms with E-state index in [1.165, 1.54) is 35.2 Å². The lowest BCUT2D eigenvalue weighted by molar-refractivity contribution is -0.139. The summed E-state index contributed by atoms with van der Waals surface area (Å²) in [5.41, 5.74) is 1.68. The minimum atomic E-state index is -4.10. The standard InChI is InChI=1S/C21H22N2O6S3/c1-29-17-6-2-14(3-7-17)15-4-8-18(9-5-15)32(27,28)23-19(20(25)26)12-16(24)13-31-21-22-10-11-30-21/h2-11,16,19,23-24H,12-13H2,1H3,(H,25,26). The van der Waals surface area contributed by atoms with Crippen LogP contribution >= 0.6 is 23.1 Å². The number of aliphatic hydroxyl groups excluding tert-OH is 1. The first-order valence-electron chi connectivity index (χ1n) is 9.48. The van der Waals surface area contributed by atoms with Gasteiger partial charge in [0.25, 0.3) is 0 Å². The van der Waals surface area contributed by atoms with E-state index in [9.17, 15) is 23.4 Å². The molecule has 0 saturated carbocycles. The fourth-order valence-electron chi connectivity index (χ4n) is 2.85. The zero-order chi connectivity index (χ0) is 23.1. The first-order valence-corrected chi connectivity index (χ1v) is 12.8. The number of rotatable bonds is 11. The first-order chi connectivity index (χ1) is 15.3. The van der Waals surface area contributed by atoms with Crippen LogP contribution in [-0.4, -0.2) is 54.6 Å². The van der Waals surface area contributed by atoms with Crippen molar-refractivity contribution in [1.82, 2.24) is 9.71 Å². The number of sulfonamides is 1. The molecule has 0 radical (unpaired) electrons. The molecule has 2 unspecified atom stereocenters. The van der Waals surface area contributed by atoms with Gasteiger partial charge in [0.2, 0.25) is 10.0 Å². The van der Waals surface area contributed by atoms with Crippen molar-refractivity contribution in [3.05, 3.63) is 60.1 Å². The summed E-state index contributed by atoms with van der Waals surface area (Å²) in [5, 5.41) is 21.4. The summed E-state index contributed by atoms with van der Waals surface area (Å²) in [5.74, 6) is -0.443. The molecule has 1 heterocycles. The van der Waals surface area contributed by atoms with Gasteiger partial charge in [-0.1, -0.05) is 36.0 Å². The SMILES string of the molecule is COc1ccc(-c2ccc(S(=O)(=O)NC(CC(O)CSc3nccs3)C(=O)O)cc2)cc1. The van der Waals surface area contributed by atoms with Crippen molar-refractivity contribution >= 4 is 39.1 Å². The number of carboxylic acids is 1. The molecule has 2 aromatic carbocycles. The molecule has 0 bridgehead atoms. The molecular weight excluding hydrogens is 472 g/mol.